The number of nitrogens with zero attached hydrogens (tertiary/aromatic N) is 1. The summed E-state index contributed by atoms with van der Waals surface area (Å²) < 4.78 is 0. The number of anilines is 2. The fraction of sp³-hybridized carbons (Fsp3) is 0.235. The molecule has 1 fully saturated rings. The SMILES string of the molecule is Nc1ccc(NC(=O)N2CCC(c3ccccc3)C2)cc1. The highest BCUT2D eigenvalue weighted by molar-refractivity contribution is 5.89. The van der Waals surface area contributed by atoms with E-state index in [0.717, 1.165) is 25.2 Å². The Morgan fingerprint density at radius 2 is 1.81 bits per heavy atom. The minimum atomic E-state index is -0.0433. The number of urea groups is 1. The molecule has 1 aliphatic heterocycles. The number of hydrogen-bond acceptors (Lipinski definition) is 2. The number of likely N-dealkylation sites (tertiary alicyclic amines) is 1. The number of amides is 2. The van der Waals surface area contributed by atoms with E-state index in [1.54, 1.807) is 12.1 Å². The molecule has 0 aliphatic carbocycles. The topological polar surface area (TPSA) is 58.4 Å². The van der Waals surface area contributed by atoms with E-state index in [2.05, 4.69) is 17.4 Å². The molecule has 0 aromatic heterocycles. The normalized spacial score (nSPS) is 17.7. The summed E-state index contributed by atoms with van der Waals surface area (Å²) in [4.78, 5) is 14.1. The van der Waals surface area contributed by atoms with Crippen LogP contribution in [-0.2, 0) is 0 Å². The Morgan fingerprint density at radius 3 is 2.52 bits per heavy atom. The van der Waals surface area contributed by atoms with Gasteiger partial charge in [0.25, 0.3) is 0 Å². The van der Waals surface area contributed by atoms with Crippen molar-refractivity contribution in [3.05, 3.63) is 60.2 Å². The standard InChI is InChI=1S/C17H19N3O/c18-15-6-8-16(9-7-15)19-17(21)20-11-10-14(12-20)13-4-2-1-3-5-13/h1-9,14H,10-12,18H2,(H,19,21). The Labute approximate surface area is 124 Å². The molecule has 0 bridgehead atoms. The van der Waals surface area contributed by atoms with Gasteiger partial charge < -0.3 is 16.0 Å². The van der Waals surface area contributed by atoms with Gasteiger partial charge in [0.1, 0.15) is 0 Å². The highest BCUT2D eigenvalue weighted by atomic mass is 16.2. The van der Waals surface area contributed by atoms with Gasteiger partial charge in [-0.2, -0.15) is 0 Å². The van der Waals surface area contributed by atoms with Crippen molar-refractivity contribution in [1.82, 2.24) is 4.90 Å². The first kappa shape index (κ1) is 13.5. The number of nitrogens with one attached hydrogen (secondary N) is 1. The number of nitrogens with two attached hydrogens (primary N) is 1. The first-order chi connectivity index (χ1) is 10.2. The van der Waals surface area contributed by atoms with E-state index in [1.807, 2.05) is 35.2 Å². The van der Waals surface area contributed by atoms with Gasteiger partial charge in [0.05, 0.1) is 0 Å². The highest BCUT2D eigenvalue weighted by Crippen LogP contribution is 2.27. The number of hydrogen-bond donors (Lipinski definition) is 2. The Balaban J connectivity index is 1.61. The van der Waals surface area contributed by atoms with Crippen molar-refractivity contribution in [3.8, 4) is 0 Å². The smallest absolute Gasteiger partial charge is 0.321 e. The van der Waals surface area contributed by atoms with Crippen molar-refractivity contribution < 1.29 is 4.79 Å². The molecule has 2 aromatic carbocycles. The quantitative estimate of drug-likeness (QED) is 0.830. The van der Waals surface area contributed by atoms with Crippen LogP contribution < -0.4 is 11.1 Å². The molecule has 1 unspecified atom stereocenters. The zero-order chi connectivity index (χ0) is 14.7. The molecule has 3 rings (SSSR count). The van der Waals surface area contributed by atoms with Gasteiger partial charge in [-0.3, -0.25) is 0 Å². The largest absolute Gasteiger partial charge is 0.399 e. The van der Waals surface area contributed by atoms with E-state index in [-0.39, 0.29) is 6.03 Å². The van der Waals surface area contributed by atoms with Gasteiger partial charge in [-0.1, -0.05) is 30.3 Å². The van der Waals surface area contributed by atoms with E-state index in [9.17, 15) is 4.79 Å². The molecule has 1 aliphatic rings. The number of rotatable bonds is 2. The summed E-state index contributed by atoms with van der Waals surface area (Å²) in [5.74, 6) is 0.434. The van der Waals surface area contributed by atoms with Gasteiger partial charge in [-0.05, 0) is 36.2 Å². The van der Waals surface area contributed by atoms with Crippen LogP contribution in [0.15, 0.2) is 54.6 Å². The van der Waals surface area contributed by atoms with Crippen LogP contribution in [0.3, 0.4) is 0 Å². The summed E-state index contributed by atoms with van der Waals surface area (Å²) in [6.07, 6.45) is 1.01. The number of benzene rings is 2. The second-order valence-corrected chi connectivity index (χ2v) is 5.39. The Hall–Kier alpha value is -2.49. The molecule has 1 atom stereocenters. The molecule has 21 heavy (non-hydrogen) atoms. The number of carbonyl (C=O) groups excluding carboxylic acids is 1. The van der Waals surface area contributed by atoms with Crippen LogP contribution >= 0.6 is 0 Å². The summed E-state index contributed by atoms with van der Waals surface area (Å²) in [5.41, 5.74) is 8.41. The van der Waals surface area contributed by atoms with E-state index in [1.165, 1.54) is 5.56 Å². The average molecular weight is 281 g/mol. The Kier molecular flexibility index (Phi) is 3.77. The molecule has 4 heteroatoms. The third-order valence-electron chi connectivity index (χ3n) is 3.91. The van der Waals surface area contributed by atoms with Crippen molar-refractivity contribution >= 4 is 17.4 Å². The zero-order valence-electron chi connectivity index (χ0n) is 11.8. The predicted molar refractivity (Wildman–Crippen MR) is 85.2 cm³/mol. The van der Waals surface area contributed by atoms with Crippen LogP contribution in [0.5, 0.6) is 0 Å². The Bertz CT molecular complexity index is 610. The van der Waals surface area contributed by atoms with Crippen molar-refractivity contribution in [1.29, 1.82) is 0 Å². The van der Waals surface area contributed by atoms with Crippen LogP contribution in [-0.4, -0.2) is 24.0 Å². The molecule has 1 saturated heterocycles. The van der Waals surface area contributed by atoms with Crippen LogP contribution in [0, 0.1) is 0 Å². The molecule has 108 valence electrons. The number of nitrogen functional groups attached to an aromatic ring is 1. The van der Waals surface area contributed by atoms with Crippen molar-refractivity contribution in [3.63, 3.8) is 0 Å². The molecule has 3 N–H and O–H groups in total. The molecule has 4 nitrogen and oxygen atoms in total. The second kappa shape index (κ2) is 5.87. The predicted octanol–water partition coefficient (Wildman–Crippen LogP) is 3.29. The third-order valence-corrected chi connectivity index (χ3v) is 3.91. The first-order valence-electron chi connectivity index (χ1n) is 7.19. The lowest BCUT2D eigenvalue weighted by molar-refractivity contribution is 0.222. The van der Waals surface area contributed by atoms with E-state index in [0.29, 0.717) is 11.6 Å². The van der Waals surface area contributed by atoms with Crippen LogP contribution in [0.25, 0.3) is 0 Å². The summed E-state index contributed by atoms with van der Waals surface area (Å²) >= 11 is 0. The van der Waals surface area contributed by atoms with Gasteiger partial charge in [0, 0.05) is 30.4 Å². The molecule has 2 amide bonds. The third kappa shape index (κ3) is 3.16. The molecule has 2 aromatic rings. The van der Waals surface area contributed by atoms with E-state index >= 15 is 0 Å². The maximum Gasteiger partial charge on any atom is 0.321 e. The van der Waals surface area contributed by atoms with Crippen molar-refractivity contribution in [2.24, 2.45) is 0 Å². The lowest BCUT2D eigenvalue weighted by atomic mass is 9.99. The average Bonchev–Trinajstić information content (AvgIpc) is 3.00. The minimum Gasteiger partial charge on any atom is -0.399 e. The molecule has 0 spiro atoms. The van der Waals surface area contributed by atoms with Gasteiger partial charge in [0.15, 0.2) is 0 Å². The van der Waals surface area contributed by atoms with Crippen molar-refractivity contribution in [2.75, 3.05) is 24.1 Å². The summed E-state index contributed by atoms with van der Waals surface area (Å²) in [6.45, 7) is 1.56. The van der Waals surface area contributed by atoms with E-state index in [4.69, 9.17) is 5.73 Å². The van der Waals surface area contributed by atoms with Crippen LogP contribution in [0.2, 0.25) is 0 Å². The van der Waals surface area contributed by atoms with Gasteiger partial charge >= 0.3 is 6.03 Å². The maximum atomic E-state index is 12.3. The van der Waals surface area contributed by atoms with Gasteiger partial charge in [-0.15, -0.1) is 0 Å². The second-order valence-electron chi connectivity index (χ2n) is 5.39. The summed E-state index contributed by atoms with van der Waals surface area (Å²) in [6, 6.07) is 17.5. The van der Waals surface area contributed by atoms with Crippen LogP contribution in [0.1, 0.15) is 17.9 Å². The maximum absolute atomic E-state index is 12.3. The molecular formula is C17H19N3O. The first-order valence-corrected chi connectivity index (χ1v) is 7.19. The van der Waals surface area contributed by atoms with Gasteiger partial charge in [-0.25, -0.2) is 4.79 Å². The lowest BCUT2D eigenvalue weighted by Crippen LogP contribution is -2.32. The summed E-state index contributed by atoms with van der Waals surface area (Å²) in [7, 11) is 0. The highest BCUT2D eigenvalue weighted by Gasteiger charge is 2.27. The van der Waals surface area contributed by atoms with Crippen LogP contribution in [0.4, 0.5) is 16.2 Å². The molecular weight excluding hydrogens is 262 g/mol. The lowest BCUT2D eigenvalue weighted by Gasteiger charge is -2.17. The van der Waals surface area contributed by atoms with E-state index < -0.39 is 0 Å². The summed E-state index contributed by atoms with van der Waals surface area (Å²) in [5, 5.41) is 2.91. The monoisotopic (exact) mass is 281 g/mol. The molecule has 0 saturated carbocycles. The van der Waals surface area contributed by atoms with Crippen molar-refractivity contribution in [2.45, 2.75) is 12.3 Å². The number of carbonyl (C=O) groups is 1. The Morgan fingerprint density at radius 1 is 1.10 bits per heavy atom. The molecule has 1 heterocycles. The fourth-order valence-electron chi connectivity index (χ4n) is 2.71. The minimum absolute atomic E-state index is 0.0433. The zero-order valence-corrected chi connectivity index (χ0v) is 11.8. The van der Waals surface area contributed by atoms with Gasteiger partial charge in [0.2, 0.25) is 0 Å². The fourth-order valence-corrected chi connectivity index (χ4v) is 2.71. The molecule has 0 radical (unpaired) electrons.